The predicted octanol–water partition coefficient (Wildman–Crippen LogP) is 2.79. The number of hydrogen-bond acceptors (Lipinski definition) is 2. The van der Waals surface area contributed by atoms with E-state index in [4.69, 9.17) is 5.73 Å². The molecule has 2 nitrogen and oxygen atoms in total. The van der Waals surface area contributed by atoms with E-state index >= 15 is 0 Å². The SMILES string of the molecule is CC(C)c1cncc(CN)c1C(C)C. The summed E-state index contributed by atoms with van der Waals surface area (Å²) in [5.74, 6) is 1.04. The number of rotatable bonds is 3. The zero-order valence-electron chi connectivity index (χ0n) is 9.54. The maximum absolute atomic E-state index is 5.72. The van der Waals surface area contributed by atoms with Crippen molar-refractivity contribution in [2.45, 2.75) is 46.1 Å². The normalized spacial score (nSPS) is 11.4. The van der Waals surface area contributed by atoms with Crippen molar-refractivity contribution in [3.05, 3.63) is 29.1 Å². The van der Waals surface area contributed by atoms with E-state index in [0.717, 1.165) is 0 Å². The van der Waals surface area contributed by atoms with Crippen LogP contribution in [0.1, 0.15) is 56.2 Å². The smallest absolute Gasteiger partial charge is 0.0315 e. The van der Waals surface area contributed by atoms with Crippen molar-refractivity contribution < 1.29 is 0 Å². The average molecular weight is 192 g/mol. The van der Waals surface area contributed by atoms with Crippen molar-refractivity contribution in [1.29, 1.82) is 0 Å². The van der Waals surface area contributed by atoms with Crippen LogP contribution in [0, 0.1) is 0 Å². The summed E-state index contributed by atoms with van der Waals surface area (Å²) in [6.45, 7) is 9.40. The summed E-state index contributed by atoms with van der Waals surface area (Å²) in [6.07, 6.45) is 3.86. The molecule has 0 saturated heterocycles. The molecule has 0 unspecified atom stereocenters. The molecule has 0 atom stereocenters. The van der Waals surface area contributed by atoms with Gasteiger partial charge in [0.1, 0.15) is 0 Å². The summed E-state index contributed by atoms with van der Waals surface area (Å²) in [5.41, 5.74) is 9.63. The third-order valence-corrected chi connectivity index (χ3v) is 2.52. The van der Waals surface area contributed by atoms with Gasteiger partial charge in [0, 0.05) is 18.9 Å². The lowest BCUT2D eigenvalue weighted by atomic mass is 9.89. The minimum absolute atomic E-state index is 0.520. The van der Waals surface area contributed by atoms with Crippen molar-refractivity contribution in [3.63, 3.8) is 0 Å². The van der Waals surface area contributed by atoms with E-state index < -0.39 is 0 Å². The minimum atomic E-state index is 0.520. The summed E-state index contributed by atoms with van der Waals surface area (Å²) in [6, 6.07) is 0. The van der Waals surface area contributed by atoms with Crippen molar-refractivity contribution in [3.8, 4) is 0 Å². The van der Waals surface area contributed by atoms with E-state index in [-0.39, 0.29) is 0 Å². The first-order valence-corrected chi connectivity index (χ1v) is 5.24. The Bertz CT molecular complexity index is 303. The first-order valence-electron chi connectivity index (χ1n) is 5.24. The lowest BCUT2D eigenvalue weighted by Crippen LogP contribution is -2.08. The van der Waals surface area contributed by atoms with Gasteiger partial charge in [0.2, 0.25) is 0 Å². The first kappa shape index (κ1) is 11.2. The van der Waals surface area contributed by atoms with Crippen molar-refractivity contribution in [1.82, 2.24) is 4.98 Å². The van der Waals surface area contributed by atoms with Gasteiger partial charge in [-0.3, -0.25) is 4.98 Å². The molecule has 78 valence electrons. The van der Waals surface area contributed by atoms with Crippen LogP contribution in [-0.4, -0.2) is 4.98 Å². The third kappa shape index (κ3) is 2.13. The van der Waals surface area contributed by atoms with Crippen LogP contribution in [0.5, 0.6) is 0 Å². The largest absolute Gasteiger partial charge is 0.326 e. The molecule has 1 rings (SSSR count). The van der Waals surface area contributed by atoms with E-state index in [1.54, 1.807) is 0 Å². The molecule has 0 aliphatic rings. The molecule has 0 spiro atoms. The number of aromatic nitrogens is 1. The Morgan fingerprint density at radius 3 is 2.21 bits per heavy atom. The maximum Gasteiger partial charge on any atom is 0.0315 e. The molecule has 0 aromatic carbocycles. The van der Waals surface area contributed by atoms with Gasteiger partial charge in [0.25, 0.3) is 0 Å². The second kappa shape index (κ2) is 4.56. The van der Waals surface area contributed by atoms with Gasteiger partial charge >= 0.3 is 0 Å². The molecular formula is C12H20N2. The number of pyridine rings is 1. The topological polar surface area (TPSA) is 38.9 Å². The molecule has 0 bridgehead atoms. The molecule has 14 heavy (non-hydrogen) atoms. The van der Waals surface area contributed by atoms with E-state index in [0.29, 0.717) is 18.4 Å². The van der Waals surface area contributed by atoms with Crippen LogP contribution in [0.15, 0.2) is 12.4 Å². The van der Waals surface area contributed by atoms with Gasteiger partial charge < -0.3 is 5.73 Å². The zero-order valence-corrected chi connectivity index (χ0v) is 9.54. The second-order valence-corrected chi connectivity index (χ2v) is 4.32. The highest BCUT2D eigenvalue weighted by molar-refractivity contribution is 5.36. The van der Waals surface area contributed by atoms with E-state index in [2.05, 4.69) is 32.7 Å². The van der Waals surface area contributed by atoms with Crippen LogP contribution >= 0.6 is 0 Å². The molecule has 0 amide bonds. The van der Waals surface area contributed by atoms with Crippen molar-refractivity contribution >= 4 is 0 Å². The molecule has 2 heteroatoms. The molecule has 0 aliphatic carbocycles. The zero-order chi connectivity index (χ0) is 10.7. The van der Waals surface area contributed by atoms with Crippen LogP contribution in [0.25, 0.3) is 0 Å². The molecule has 1 aromatic rings. The number of nitrogens with zero attached hydrogens (tertiary/aromatic N) is 1. The Morgan fingerprint density at radius 2 is 1.79 bits per heavy atom. The van der Waals surface area contributed by atoms with Crippen molar-refractivity contribution in [2.75, 3.05) is 0 Å². The quantitative estimate of drug-likeness (QED) is 0.799. The highest BCUT2D eigenvalue weighted by atomic mass is 14.6. The minimum Gasteiger partial charge on any atom is -0.326 e. The molecule has 0 radical (unpaired) electrons. The van der Waals surface area contributed by atoms with Crippen LogP contribution in [0.3, 0.4) is 0 Å². The van der Waals surface area contributed by atoms with Crippen LogP contribution in [0.4, 0.5) is 0 Å². The van der Waals surface area contributed by atoms with Gasteiger partial charge in [0.15, 0.2) is 0 Å². The lowest BCUT2D eigenvalue weighted by Gasteiger charge is -2.18. The van der Waals surface area contributed by atoms with Gasteiger partial charge in [-0.05, 0) is 28.5 Å². The highest BCUT2D eigenvalue weighted by Crippen LogP contribution is 2.27. The van der Waals surface area contributed by atoms with Gasteiger partial charge in [0.05, 0.1) is 0 Å². The Hall–Kier alpha value is -0.890. The molecule has 0 saturated carbocycles. The monoisotopic (exact) mass is 192 g/mol. The Kier molecular flexibility index (Phi) is 3.64. The Labute approximate surface area is 86.5 Å². The van der Waals surface area contributed by atoms with Crippen LogP contribution in [0.2, 0.25) is 0 Å². The summed E-state index contributed by atoms with van der Waals surface area (Å²) in [4.78, 5) is 4.24. The second-order valence-electron chi connectivity index (χ2n) is 4.32. The van der Waals surface area contributed by atoms with E-state index in [1.807, 2.05) is 12.4 Å². The van der Waals surface area contributed by atoms with E-state index in [1.165, 1.54) is 16.7 Å². The highest BCUT2D eigenvalue weighted by Gasteiger charge is 2.13. The molecule has 1 aromatic heterocycles. The third-order valence-electron chi connectivity index (χ3n) is 2.52. The fraction of sp³-hybridized carbons (Fsp3) is 0.583. The standard InChI is InChI=1S/C12H20N2/c1-8(2)11-7-14-6-10(5-13)12(11)9(3)4/h6-9H,5,13H2,1-4H3. The molecule has 0 aliphatic heterocycles. The van der Waals surface area contributed by atoms with Gasteiger partial charge in [-0.2, -0.15) is 0 Å². The van der Waals surface area contributed by atoms with Crippen LogP contribution in [-0.2, 0) is 6.54 Å². The van der Waals surface area contributed by atoms with E-state index in [9.17, 15) is 0 Å². The van der Waals surface area contributed by atoms with Crippen molar-refractivity contribution in [2.24, 2.45) is 5.73 Å². The average Bonchev–Trinajstić information content (AvgIpc) is 2.16. The molecule has 2 N–H and O–H groups in total. The molecule has 0 fully saturated rings. The molecular weight excluding hydrogens is 172 g/mol. The maximum atomic E-state index is 5.72. The number of hydrogen-bond donors (Lipinski definition) is 1. The lowest BCUT2D eigenvalue weighted by molar-refractivity contribution is 0.764. The fourth-order valence-electron chi connectivity index (χ4n) is 1.86. The van der Waals surface area contributed by atoms with Gasteiger partial charge in [-0.25, -0.2) is 0 Å². The Balaban J connectivity index is 3.28. The summed E-state index contributed by atoms with van der Waals surface area (Å²) < 4.78 is 0. The summed E-state index contributed by atoms with van der Waals surface area (Å²) >= 11 is 0. The Morgan fingerprint density at radius 1 is 1.14 bits per heavy atom. The number of nitrogens with two attached hydrogens (primary N) is 1. The fourth-order valence-corrected chi connectivity index (χ4v) is 1.86. The van der Waals surface area contributed by atoms with Crippen LogP contribution < -0.4 is 5.73 Å². The summed E-state index contributed by atoms with van der Waals surface area (Å²) in [7, 11) is 0. The molecule has 1 heterocycles. The van der Waals surface area contributed by atoms with Gasteiger partial charge in [-0.15, -0.1) is 0 Å². The predicted molar refractivity (Wildman–Crippen MR) is 60.3 cm³/mol. The summed E-state index contributed by atoms with van der Waals surface area (Å²) in [5, 5.41) is 0. The first-order chi connectivity index (χ1) is 6.57. The van der Waals surface area contributed by atoms with Gasteiger partial charge in [-0.1, -0.05) is 27.7 Å².